The van der Waals surface area contributed by atoms with Crippen LogP contribution in [0.5, 0.6) is 0 Å². The molecular weight excluding hydrogens is 470 g/mol. The van der Waals surface area contributed by atoms with Gasteiger partial charge in [-0.2, -0.15) is 0 Å². The van der Waals surface area contributed by atoms with E-state index in [1.807, 2.05) is 19.2 Å². The maximum Gasteiger partial charge on any atom is 0.190 e. The van der Waals surface area contributed by atoms with Crippen molar-refractivity contribution in [3.8, 4) is 0 Å². The Balaban J connectivity index is 0.00000312. The van der Waals surface area contributed by atoms with E-state index in [-0.39, 0.29) is 24.0 Å². The number of nitrogens with zero attached hydrogens (tertiary/aromatic N) is 2. The molecule has 0 saturated carbocycles. The van der Waals surface area contributed by atoms with Crippen molar-refractivity contribution in [1.29, 1.82) is 0 Å². The number of rotatable bonds is 6. The van der Waals surface area contributed by atoms with Gasteiger partial charge in [-0.1, -0.05) is 29.3 Å². The number of benzene rings is 1. The van der Waals surface area contributed by atoms with E-state index in [9.17, 15) is 0 Å². The third-order valence-corrected chi connectivity index (χ3v) is 5.02. The Kier molecular flexibility index (Phi) is 11.1. The molecule has 0 spiro atoms. The highest BCUT2D eigenvalue weighted by molar-refractivity contribution is 14.0. The second-order valence-electron chi connectivity index (χ2n) is 6.49. The molecule has 1 atom stereocenters. The van der Waals surface area contributed by atoms with E-state index < -0.39 is 0 Å². The number of hydrogen-bond donors (Lipinski definition) is 2. The van der Waals surface area contributed by atoms with Crippen LogP contribution in [-0.4, -0.2) is 51.1 Å². The van der Waals surface area contributed by atoms with Gasteiger partial charge in [0, 0.05) is 36.7 Å². The molecule has 1 aromatic rings. The Labute approximate surface area is 178 Å². The van der Waals surface area contributed by atoms with Crippen LogP contribution in [0.25, 0.3) is 0 Å². The first-order valence-electron chi connectivity index (χ1n) is 8.65. The van der Waals surface area contributed by atoms with Gasteiger partial charge in [-0.15, -0.1) is 24.0 Å². The largest absolute Gasteiger partial charge is 0.356 e. The Hall–Kier alpha value is -0.240. The number of guanidine groups is 1. The molecule has 0 aromatic heterocycles. The first-order valence-corrected chi connectivity index (χ1v) is 9.41. The molecule has 0 bridgehead atoms. The van der Waals surface area contributed by atoms with E-state index in [1.165, 1.54) is 25.9 Å². The predicted molar refractivity (Wildman–Crippen MR) is 120 cm³/mol. The van der Waals surface area contributed by atoms with Crippen molar-refractivity contribution < 1.29 is 0 Å². The first kappa shape index (κ1) is 22.8. The second kappa shape index (κ2) is 12.2. The molecule has 0 radical (unpaired) electrons. The number of likely N-dealkylation sites (tertiary alicyclic amines) is 1. The van der Waals surface area contributed by atoms with Gasteiger partial charge in [-0.25, -0.2) is 0 Å². The number of aryl methyl sites for hydroxylation is 1. The minimum absolute atomic E-state index is 0. The maximum absolute atomic E-state index is 6.20. The fraction of sp³-hybridized carbons (Fsp3) is 0.611. The van der Waals surface area contributed by atoms with Gasteiger partial charge in [0.15, 0.2) is 5.96 Å². The molecule has 0 amide bonds. The van der Waals surface area contributed by atoms with Gasteiger partial charge in [0.1, 0.15) is 0 Å². The summed E-state index contributed by atoms with van der Waals surface area (Å²) in [7, 11) is 4.01. The van der Waals surface area contributed by atoms with Gasteiger partial charge < -0.3 is 15.5 Å². The van der Waals surface area contributed by atoms with Gasteiger partial charge in [0.2, 0.25) is 0 Å². The van der Waals surface area contributed by atoms with Gasteiger partial charge in [0.05, 0.1) is 0 Å². The molecule has 0 aliphatic carbocycles. The number of nitrogens with one attached hydrogen (secondary N) is 2. The van der Waals surface area contributed by atoms with E-state index in [2.05, 4.69) is 27.6 Å². The van der Waals surface area contributed by atoms with E-state index >= 15 is 0 Å². The number of aliphatic imine (C=N–C) groups is 1. The summed E-state index contributed by atoms with van der Waals surface area (Å²) < 4.78 is 0. The summed E-state index contributed by atoms with van der Waals surface area (Å²) in [6.07, 6.45) is 4.50. The monoisotopic (exact) mass is 498 g/mol. The molecular formula is C18H29Cl2IN4. The van der Waals surface area contributed by atoms with Crippen molar-refractivity contribution in [1.82, 2.24) is 15.5 Å². The molecule has 7 heteroatoms. The van der Waals surface area contributed by atoms with Crippen molar-refractivity contribution in [2.75, 3.05) is 40.3 Å². The Bertz CT molecular complexity index is 554. The van der Waals surface area contributed by atoms with Crippen LogP contribution < -0.4 is 10.6 Å². The lowest BCUT2D eigenvalue weighted by Gasteiger charge is -2.30. The van der Waals surface area contributed by atoms with Crippen LogP contribution in [0.1, 0.15) is 24.8 Å². The average molecular weight is 499 g/mol. The third-order valence-electron chi connectivity index (χ3n) is 4.43. The second-order valence-corrected chi connectivity index (χ2v) is 7.33. The van der Waals surface area contributed by atoms with Gasteiger partial charge in [0.25, 0.3) is 0 Å². The average Bonchev–Trinajstić information content (AvgIpc) is 2.56. The summed E-state index contributed by atoms with van der Waals surface area (Å²) in [5.41, 5.74) is 1.14. The standard InChI is InChI=1S/C18H28Cl2N4.HI/c1-21-18(23-12-14-5-4-10-24(2)13-14)22-9-3-6-15-7-8-16(19)11-17(15)20;/h7-8,11,14H,3-6,9-10,12-13H2,1-2H3,(H2,21,22,23);1H. The topological polar surface area (TPSA) is 39.7 Å². The zero-order chi connectivity index (χ0) is 17.4. The van der Waals surface area contributed by atoms with E-state index in [0.717, 1.165) is 42.5 Å². The zero-order valence-corrected chi connectivity index (χ0v) is 18.9. The summed E-state index contributed by atoms with van der Waals surface area (Å²) in [6.45, 7) is 4.23. The molecule has 25 heavy (non-hydrogen) atoms. The van der Waals surface area contributed by atoms with E-state index in [4.69, 9.17) is 23.2 Å². The molecule has 1 aromatic carbocycles. The van der Waals surface area contributed by atoms with Crippen molar-refractivity contribution in [2.45, 2.75) is 25.7 Å². The van der Waals surface area contributed by atoms with Gasteiger partial charge in [-0.05, 0) is 62.9 Å². The molecule has 2 N–H and O–H groups in total. The highest BCUT2D eigenvalue weighted by Gasteiger charge is 2.17. The van der Waals surface area contributed by atoms with Crippen molar-refractivity contribution in [2.24, 2.45) is 10.9 Å². The quantitative estimate of drug-likeness (QED) is 0.269. The van der Waals surface area contributed by atoms with Crippen LogP contribution in [-0.2, 0) is 6.42 Å². The summed E-state index contributed by atoms with van der Waals surface area (Å²) in [5.74, 6) is 1.58. The molecule has 4 nitrogen and oxygen atoms in total. The molecule has 1 fully saturated rings. The van der Waals surface area contributed by atoms with Crippen molar-refractivity contribution in [3.63, 3.8) is 0 Å². The lowest BCUT2D eigenvalue weighted by atomic mass is 9.99. The SMILES string of the molecule is CN=C(NCCCc1ccc(Cl)cc1Cl)NCC1CCCN(C)C1.I. The minimum atomic E-state index is 0. The fourth-order valence-electron chi connectivity index (χ4n) is 3.11. The van der Waals surface area contributed by atoms with Gasteiger partial charge in [-0.3, -0.25) is 4.99 Å². The van der Waals surface area contributed by atoms with Crippen LogP contribution in [0.3, 0.4) is 0 Å². The highest BCUT2D eigenvalue weighted by Crippen LogP contribution is 2.21. The third kappa shape index (κ3) is 8.33. The van der Waals surface area contributed by atoms with E-state index in [0.29, 0.717) is 10.9 Å². The maximum atomic E-state index is 6.20. The molecule has 2 rings (SSSR count). The van der Waals surface area contributed by atoms with Crippen molar-refractivity contribution in [3.05, 3.63) is 33.8 Å². The summed E-state index contributed by atoms with van der Waals surface area (Å²) in [4.78, 5) is 6.71. The van der Waals surface area contributed by atoms with Gasteiger partial charge >= 0.3 is 0 Å². The number of piperidine rings is 1. The van der Waals surface area contributed by atoms with Crippen LogP contribution in [0.4, 0.5) is 0 Å². The molecule has 1 heterocycles. The molecule has 1 aliphatic heterocycles. The van der Waals surface area contributed by atoms with Crippen LogP contribution >= 0.6 is 47.2 Å². The van der Waals surface area contributed by atoms with Crippen LogP contribution in [0.15, 0.2) is 23.2 Å². The lowest BCUT2D eigenvalue weighted by Crippen LogP contribution is -2.43. The van der Waals surface area contributed by atoms with Crippen LogP contribution in [0.2, 0.25) is 10.0 Å². The van der Waals surface area contributed by atoms with Crippen molar-refractivity contribution >= 4 is 53.1 Å². The summed E-state index contributed by atoms with van der Waals surface area (Å²) in [6, 6.07) is 5.68. The molecule has 1 aliphatic rings. The van der Waals surface area contributed by atoms with Crippen LogP contribution in [0, 0.1) is 5.92 Å². The first-order chi connectivity index (χ1) is 11.6. The molecule has 1 unspecified atom stereocenters. The fourth-order valence-corrected chi connectivity index (χ4v) is 3.61. The smallest absolute Gasteiger partial charge is 0.190 e. The Morgan fingerprint density at radius 1 is 1.32 bits per heavy atom. The number of halogens is 3. The van der Waals surface area contributed by atoms with E-state index in [1.54, 1.807) is 6.07 Å². The molecule has 1 saturated heterocycles. The summed E-state index contributed by atoms with van der Waals surface area (Å²) >= 11 is 12.1. The molecule has 142 valence electrons. The highest BCUT2D eigenvalue weighted by atomic mass is 127. The number of hydrogen-bond acceptors (Lipinski definition) is 2. The Morgan fingerprint density at radius 2 is 2.12 bits per heavy atom. The predicted octanol–water partition coefficient (Wildman–Crippen LogP) is 4.05. The normalized spacial score (nSPS) is 18.6. The minimum Gasteiger partial charge on any atom is -0.356 e. The zero-order valence-electron chi connectivity index (χ0n) is 15.0. The Morgan fingerprint density at radius 3 is 2.80 bits per heavy atom. The summed E-state index contributed by atoms with van der Waals surface area (Å²) in [5, 5.41) is 8.25. The lowest BCUT2D eigenvalue weighted by molar-refractivity contribution is 0.210.